The molecule has 0 saturated carbocycles. The third-order valence-electron chi connectivity index (χ3n) is 16.4. The molecule has 2 aliphatic heterocycles. The third kappa shape index (κ3) is 25.0. The van der Waals surface area contributed by atoms with Crippen molar-refractivity contribution in [1.82, 2.24) is 19.8 Å². The Morgan fingerprint density at radius 2 is 0.970 bits per heavy atom. The molecule has 2 saturated heterocycles. The zero-order chi connectivity index (χ0) is 74.1. The average molecular weight is 1390 g/mol. The van der Waals surface area contributed by atoms with Crippen LogP contribution in [0.3, 0.4) is 0 Å². The van der Waals surface area contributed by atoms with Crippen LogP contribution < -0.4 is 20.1 Å². The molecule has 4 amide bonds. The highest BCUT2D eigenvalue weighted by Crippen LogP contribution is 2.33. The first kappa shape index (κ1) is 80.5. The van der Waals surface area contributed by atoms with Crippen molar-refractivity contribution in [2.24, 2.45) is 10.8 Å². The van der Waals surface area contributed by atoms with Gasteiger partial charge in [0, 0.05) is 61.6 Å². The van der Waals surface area contributed by atoms with Crippen LogP contribution in [-0.4, -0.2) is 154 Å². The minimum absolute atomic E-state index is 0.104. The number of hydrogen-bond donors (Lipinski definition) is 3. The first-order valence-electron chi connectivity index (χ1n) is 33.1. The number of pyridine rings is 2. The molecule has 26 heteroatoms. The zero-order valence-corrected chi connectivity index (χ0v) is 59.0. The molecule has 0 spiro atoms. The lowest BCUT2D eigenvalue weighted by Crippen LogP contribution is -2.53. The maximum absolute atomic E-state index is 13.9. The number of carboxylic acid groups (broad SMARTS) is 1. The number of carbonyl (C=O) groups is 12. The number of amides is 4. The van der Waals surface area contributed by atoms with E-state index in [-0.39, 0.29) is 64.8 Å². The number of aliphatic carboxylic acids is 1. The molecule has 2 fully saturated rings. The minimum atomic E-state index is -1.35. The molecule has 26 nitrogen and oxygen atoms in total. The number of esters is 5. The predicted molar refractivity (Wildman–Crippen MR) is 366 cm³/mol. The quantitative estimate of drug-likeness (QED) is 0.0177. The van der Waals surface area contributed by atoms with Crippen LogP contribution >= 0.6 is 0 Å². The lowest BCUT2D eigenvalue weighted by atomic mass is 9.87. The van der Waals surface area contributed by atoms with Gasteiger partial charge in [-0.2, -0.15) is 0 Å². The van der Waals surface area contributed by atoms with Crippen LogP contribution in [0.25, 0.3) is 0 Å². The van der Waals surface area contributed by atoms with Gasteiger partial charge in [-0.05, 0) is 173 Å². The van der Waals surface area contributed by atoms with Gasteiger partial charge in [-0.3, -0.25) is 48.3 Å². The van der Waals surface area contributed by atoms with Gasteiger partial charge >= 0.3 is 35.8 Å². The fraction of sp³-hybridized carbons (Fsp3) is 0.486. The molecule has 100 heavy (non-hydrogen) atoms. The number of nitrogens with one attached hydrogen (secondary N) is 2. The Morgan fingerprint density at radius 1 is 0.570 bits per heavy atom. The molecule has 2 aromatic heterocycles. The van der Waals surface area contributed by atoms with Gasteiger partial charge in [-0.1, -0.05) is 37.4 Å². The number of methoxy groups -OCH3 is 2. The first-order chi connectivity index (χ1) is 47.2. The van der Waals surface area contributed by atoms with Crippen LogP contribution in [0.2, 0.25) is 0 Å². The van der Waals surface area contributed by atoms with Gasteiger partial charge in [0.2, 0.25) is 23.4 Å². The van der Waals surface area contributed by atoms with E-state index in [1.54, 1.807) is 47.1 Å². The number of ketones is 2. The van der Waals surface area contributed by atoms with Crippen molar-refractivity contribution in [2.45, 2.75) is 182 Å². The van der Waals surface area contributed by atoms with Crippen LogP contribution in [-0.2, 0) is 94.1 Å². The monoisotopic (exact) mass is 1390 g/mol. The van der Waals surface area contributed by atoms with Crippen molar-refractivity contribution in [1.29, 1.82) is 0 Å². The van der Waals surface area contributed by atoms with Gasteiger partial charge in [0.05, 0.1) is 61.7 Å². The van der Waals surface area contributed by atoms with Crippen LogP contribution in [0.5, 0.6) is 11.5 Å². The number of Topliss-reactive ketones (excluding diaryl/α,β-unsaturated/α-hetero) is 2. The third-order valence-corrected chi connectivity index (χ3v) is 16.4. The lowest BCUT2D eigenvalue weighted by Gasteiger charge is -2.36. The van der Waals surface area contributed by atoms with Gasteiger partial charge < -0.3 is 58.7 Å². The molecule has 2 aromatic carbocycles. The number of carboxylic acids is 1. The normalized spacial score (nSPS) is 15.1. The van der Waals surface area contributed by atoms with E-state index < -0.39 is 112 Å². The molecule has 4 atom stereocenters. The Kier molecular flexibility index (Phi) is 30.4. The second kappa shape index (κ2) is 37.7. The summed E-state index contributed by atoms with van der Waals surface area (Å²) in [5.74, 6) is -7.28. The Balaban J connectivity index is 0.000000362. The van der Waals surface area contributed by atoms with E-state index in [4.69, 9.17) is 38.3 Å². The predicted octanol–water partition coefficient (Wildman–Crippen LogP) is 9.51. The van der Waals surface area contributed by atoms with Crippen molar-refractivity contribution in [3.63, 3.8) is 0 Å². The van der Waals surface area contributed by atoms with E-state index in [9.17, 15) is 57.5 Å². The number of hydrogen-bond acceptors (Lipinski definition) is 21. The molecule has 6 rings (SSSR count). The lowest BCUT2D eigenvalue weighted by molar-refractivity contribution is -0.165. The second-order valence-corrected chi connectivity index (χ2v) is 26.7. The zero-order valence-electron chi connectivity index (χ0n) is 59.0. The highest BCUT2D eigenvalue weighted by molar-refractivity contribution is 6.39. The van der Waals surface area contributed by atoms with Crippen LogP contribution in [0.1, 0.15) is 171 Å². The van der Waals surface area contributed by atoms with Gasteiger partial charge in [0.1, 0.15) is 54.6 Å². The number of anilines is 2. The van der Waals surface area contributed by atoms with Crippen LogP contribution in [0.15, 0.2) is 98.6 Å². The smallest absolute Gasteiger partial charge is 0.330 e. The Labute approximate surface area is 583 Å². The van der Waals surface area contributed by atoms with Crippen molar-refractivity contribution in [3.05, 3.63) is 132 Å². The summed E-state index contributed by atoms with van der Waals surface area (Å²) in [5.41, 5.74) is 2.00. The second-order valence-electron chi connectivity index (χ2n) is 26.7. The summed E-state index contributed by atoms with van der Waals surface area (Å²) in [6.45, 7) is 21.4. The maximum Gasteiger partial charge on any atom is 0.330 e. The molecule has 540 valence electrons. The molecule has 0 aliphatic carbocycles. The fourth-order valence-corrected chi connectivity index (χ4v) is 10.8. The molecule has 0 bridgehead atoms. The van der Waals surface area contributed by atoms with E-state index in [1.807, 2.05) is 50.2 Å². The van der Waals surface area contributed by atoms with Crippen molar-refractivity contribution < 1.29 is 95.8 Å². The summed E-state index contributed by atoms with van der Waals surface area (Å²) in [4.78, 5) is 164. The molecular formula is C74H94N6O20. The van der Waals surface area contributed by atoms with E-state index >= 15 is 0 Å². The Bertz CT molecular complexity index is 3650. The van der Waals surface area contributed by atoms with Crippen molar-refractivity contribution in [3.8, 4) is 11.5 Å². The highest BCUT2D eigenvalue weighted by Gasteiger charge is 2.44. The van der Waals surface area contributed by atoms with E-state index in [2.05, 4.69) is 33.8 Å². The largest absolute Gasteiger partial charge is 0.496 e. The van der Waals surface area contributed by atoms with Gasteiger partial charge in [0.25, 0.3) is 11.8 Å². The summed E-state index contributed by atoms with van der Waals surface area (Å²) in [5, 5.41) is 14.3. The molecule has 2 aliphatic rings. The molecule has 0 radical (unpaired) electrons. The Morgan fingerprint density at radius 3 is 1.34 bits per heavy atom. The average Bonchev–Trinajstić information content (AvgIpc) is 0.810. The van der Waals surface area contributed by atoms with Gasteiger partial charge in [-0.15, -0.1) is 0 Å². The van der Waals surface area contributed by atoms with Crippen molar-refractivity contribution in [2.75, 3.05) is 51.2 Å². The molecular weight excluding hydrogens is 1290 g/mol. The van der Waals surface area contributed by atoms with Crippen molar-refractivity contribution >= 4 is 82.4 Å². The fourth-order valence-electron chi connectivity index (χ4n) is 10.8. The number of aryl methyl sites for hydroxylation is 4. The maximum atomic E-state index is 13.9. The standard InChI is InChI=1S/C39H51N3O10.C35H43N3O10/c1-9-33(44)50-24-39(6,7)35(46)36(47)42-19-11-10-12-29(42)37(48)51-30(16-15-26-14-13-25(2)31(20-26)49-8)27-21-28(23-40-22-27)41-32(43)17-18-34(45)52-38(3,4)5;1-6-31(42)47-21-35(3,4)32(43)33(44)38-16-8-7-9-26(38)34(45)48-27(13-12-23-11-10-22(2)28(17-23)46-5)24-18-25(20-36-19-24)37-29(39)14-15-30(40)41/h9,13-14,20-23,29-30H,1,10-12,15-19,24H2,2-8H3,(H,41,43);6,10-11,17-20,26-27H,1,7-9,12-16,21H2,2-5H3,(H,37,39)(H,40,41)/t29-,30+;26-,27+/m00/s1. The van der Waals surface area contributed by atoms with Crippen LogP contribution in [0.4, 0.5) is 11.4 Å². The molecule has 4 aromatic rings. The number of ether oxygens (including phenoxy) is 7. The van der Waals surface area contributed by atoms with Gasteiger partial charge in [-0.25, -0.2) is 19.2 Å². The highest BCUT2D eigenvalue weighted by atomic mass is 16.6. The summed E-state index contributed by atoms with van der Waals surface area (Å²) >= 11 is 0. The minimum Gasteiger partial charge on any atom is -0.496 e. The summed E-state index contributed by atoms with van der Waals surface area (Å²) in [6.07, 6.45) is 9.88. The number of aromatic nitrogens is 2. The number of piperidine rings is 2. The van der Waals surface area contributed by atoms with E-state index in [0.29, 0.717) is 85.4 Å². The molecule has 3 N–H and O–H groups in total. The summed E-state index contributed by atoms with van der Waals surface area (Å²) < 4.78 is 38.5. The van der Waals surface area contributed by atoms with E-state index in [1.165, 1.54) is 62.3 Å². The topological polar surface area (TPSA) is 346 Å². The first-order valence-corrected chi connectivity index (χ1v) is 33.1. The number of rotatable bonds is 32. The molecule has 0 unspecified atom stereocenters. The number of nitrogens with zero attached hydrogens (tertiary/aromatic N) is 4. The number of likely N-dealkylation sites (tertiary alicyclic amines) is 2. The van der Waals surface area contributed by atoms with Gasteiger partial charge in [0.15, 0.2) is 0 Å². The van der Waals surface area contributed by atoms with Crippen LogP contribution in [0, 0.1) is 24.7 Å². The summed E-state index contributed by atoms with van der Waals surface area (Å²) in [7, 11) is 3.17. The summed E-state index contributed by atoms with van der Waals surface area (Å²) in [6, 6.07) is 12.7. The number of carbonyl (C=O) groups excluding carboxylic acids is 11. The molecule has 4 heterocycles. The van der Waals surface area contributed by atoms with E-state index in [0.717, 1.165) is 34.4 Å². The Hall–Kier alpha value is -10.1. The number of benzene rings is 2. The SMILES string of the molecule is C=CC(=O)OCC(C)(C)C(=O)C(=O)N1CCCC[C@H]1C(=O)O[C@H](CCc1ccc(C)c(OC)c1)c1cncc(NC(=O)CCC(=O)O)c1.C=CC(=O)OCC(C)(C)C(=O)C(=O)N1CCCC[C@H]1C(=O)O[C@H](CCc1ccc(C)c(OC)c1)c1cncc(NC(=O)CCC(=O)OC(C)(C)C)c1.